The van der Waals surface area contributed by atoms with Gasteiger partial charge in [0.05, 0.1) is 12.4 Å². The molecule has 2 atom stereocenters. The van der Waals surface area contributed by atoms with E-state index >= 15 is 0 Å². The first-order valence-corrected chi connectivity index (χ1v) is 8.97. The Bertz CT molecular complexity index is 549. The number of aromatic nitrogens is 2. The monoisotopic (exact) mass is 405 g/mol. The van der Waals surface area contributed by atoms with Crippen molar-refractivity contribution in [2.45, 2.75) is 44.7 Å². The molecule has 0 bridgehead atoms. The molecule has 2 saturated heterocycles. The van der Waals surface area contributed by atoms with Crippen LogP contribution >= 0.6 is 24.8 Å². The van der Waals surface area contributed by atoms with E-state index in [1.165, 1.54) is 0 Å². The van der Waals surface area contributed by atoms with Crippen molar-refractivity contribution in [1.29, 1.82) is 0 Å². The Balaban J connectivity index is 0.00000169. The average Bonchev–Trinajstić information content (AvgIpc) is 3.31. The molecule has 3 heterocycles. The highest BCUT2D eigenvalue weighted by atomic mass is 35.5. The maximum atomic E-state index is 12.4. The molecule has 7 nitrogen and oxygen atoms in total. The number of halogens is 2. The van der Waals surface area contributed by atoms with Crippen LogP contribution in [0.3, 0.4) is 0 Å². The van der Waals surface area contributed by atoms with Crippen LogP contribution in [0.1, 0.15) is 32.1 Å². The lowest BCUT2D eigenvalue weighted by atomic mass is 9.97. The first-order valence-electron chi connectivity index (χ1n) is 8.97. The molecule has 0 aliphatic carbocycles. The Morgan fingerprint density at radius 3 is 2.77 bits per heavy atom. The van der Waals surface area contributed by atoms with Crippen LogP contribution in [-0.2, 0) is 16.1 Å². The molecule has 1 aromatic rings. The van der Waals surface area contributed by atoms with Gasteiger partial charge in [-0.05, 0) is 38.1 Å². The second-order valence-corrected chi connectivity index (χ2v) is 6.79. The van der Waals surface area contributed by atoms with Gasteiger partial charge in [0, 0.05) is 45.0 Å². The molecular formula is C17H29Cl2N5O2. The maximum absolute atomic E-state index is 12.4. The van der Waals surface area contributed by atoms with E-state index in [0.29, 0.717) is 25.4 Å². The molecule has 2 fully saturated rings. The van der Waals surface area contributed by atoms with Crippen LogP contribution in [-0.4, -0.2) is 58.5 Å². The number of carbonyl (C=O) groups is 2. The average molecular weight is 406 g/mol. The minimum Gasteiger partial charge on any atom is -0.354 e. The van der Waals surface area contributed by atoms with Gasteiger partial charge >= 0.3 is 0 Å². The highest BCUT2D eigenvalue weighted by molar-refractivity contribution is 5.85. The maximum Gasteiger partial charge on any atom is 0.237 e. The minimum atomic E-state index is -0.0264. The smallest absolute Gasteiger partial charge is 0.237 e. The SMILES string of the molecule is Cl.Cl.O=C(NCC1CCCN(C(=O)CCn2ccnc2)C1)C1CCCN1. The third kappa shape index (κ3) is 6.45. The van der Waals surface area contributed by atoms with Crippen LogP contribution in [0.5, 0.6) is 0 Å². The third-order valence-corrected chi connectivity index (χ3v) is 4.96. The first-order chi connectivity index (χ1) is 11.7. The van der Waals surface area contributed by atoms with E-state index in [1.807, 2.05) is 15.7 Å². The third-order valence-electron chi connectivity index (χ3n) is 4.96. The topological polar surface area (TPSA) is 79.3 Å². The molecule has 0 radical (unpaired) electrons. The predicted molar refractivity (Wildman–Crippen MR) is 105 cm³/mol. The lowest BCUT2D eigenvalue weighted by Gasteiger charge is -2.33. The lowest BCUT2D eigenvalue weighted by Crippen LogP contribution is -2.46. The Kier molecular flexibility index (Phi) is 9.98. The summed E-state index contributed by atoms with van der Waals surface area (Å²) in [6, 6.07) is -0.0264. The van der Waals surface area contributed by atoms with E-state index < -0.39 is 0 Å². The van der Waals surface area contributed by atoms with Gasteiger partial charge in [0.1, 0.15) is 0 Å². The first kappa shape index (κ1) is 22.7. The van der Waals surface area contributed by atoms with Gasteiger partial charge in [-0.2, -0.15) is 0 Å². The van der Waals surface area contributed by atoms with Crippen molar-refractivity contribution in [3.05, 3.63) is 18.7 Å². The number of aryl methyl sites for hydroxylation is 1. The quantitative estimate of drug-likeness (QED) is 0.745. The van der Waals surface area contributed by atoms with Gasteiger partial charge in [0.25, 0.3) is 0 Å². The van der Waals surface area contributed by atoms with Crippen molar-refractivity contribution in [1.82, 2.24) is 25.1 Å². The zero-order valence-electron chi connectivity index (χ0n) is 14.9. The van der Waals surface area contributed by atoms with Gasteiger partial charge in [0.15, 0.2) is 0 Å². The van der Waals surface area contributed by atoms with Crippen molar-refractivity contribution < 1.29 is 9.59 Å². The molecule has 0 saturated carbocycles. The summed E-state index contributed by atoms with van der Waals surface area (Å²) in [6.45, 7) is 3.85. The number of rotatable bonds is 6. The van der Waals surface area contributed by atoms with Gasteiger partial charge in [-0.15, -0.1) is 24.8 Å². The number of nitrogens with one attached hydrogen (secondary N) is 2. The van der Waals surface area contributed by atoms with E-state index in [1.54, 1.807) is 12.5 Å². The fourth-order valence-electron chi connectivity index (χ4n) is 3.54. The summed E-state index contributed by atoms with van der Waals surface area (Å²) in [7, 11) is 0. The summed E-state index contributed by atoms with van der Waals surface area (Å²) in [5.74, 6) is 0.662. The Labute approximate surface area is 167 Å². The van der Waals surface area contributed by atoms with Gasteiger partial charge in [-0.3, -0.25) is 9.59 Å². The van der Waals surface area contributed by atoms with E-state index in [9.17, 15) is 9.59 Å². The largest absolute Gasteiger partial charge is 0.354 e. The van der Waals surface area contributed by atoms with Crippen molar-refractivity contribution in [3.8, 4) is 0 Å². The zero-order valence-corrected chi connectivity index (χ0v) is 16.6. The second kappa shape index (κ2) is 11.4. The second-order valence-electron chi connectivity index (χ2n) is 6.79. The van der Waals surface area contributed by atoms with Crippen LogP contribution in [0.15, 0.2) is 18.7 Å². The zero-order chi connectivity index (χ0) is 16.8. The van der Waals surface area contributed by atoms with Gasteiger partial charge in [0.2, 0.25) is 11.8 Å². The minimum absolute atomic E-state index is 0. The molecule has 0 aromatic carbocycles. The summed E-state index contributed by atoms with van der Waals surface area (Å²) in [4.78, 5) is 30.4. The number of hydrogen-bond donors (Lipinski definition) is 2. The summed E-state index contributed by atoms with van der Waals surface area (Å²) >= 11 is 0. The summed E-state index contributed by atoms with van der Waals surface area (Å²) in [6.07, 6.45) is 9.92. The molecule has 2 aliphatic rings. The molecule has 0 spiro atoms. The summed E-state index contributed by atoms with van der Waals surface area (Å²) in [5.41, 5.74) is 0. The van der Waals surface area contributed by atoms with Crippen LogP contribution < -0.4 is 10.6 Å². The van der Waals surface area contributed by atoms with Crippen molar-refractivity contribution in [2.24, 2.45) is 5.92 Å². The Hall–Kier alpha value is -1.31. The van der Waals surface area contributed by atoms with Crippen molar-refractivity contribution in [2.75, 3.05) is 26.2 Å². The normalized spacial score (nSPS) is 22.2. The number of nitrogens with zero attached hydrogens (tertiary/aromatic N) is 3. The summed E-state index contributed by atoms with van der Waals surface area (Å²) in [5, 5.41) is 6.27. The number of carbonyl (C=O) groups excluding carboxylic acids is 2. The van der Waals surface area contributed by atoms with Crippen molar-refractivity contribution in [3.63, 3.8) is 0 Å². The highest BCUT2D eigenvalue weighted by Crippen LogP contribution is 2.17. The molecule has 1 aromatic heterocycles. The molecule has 3 rings (SSSR count). The number of likely N-dealkylation sites (tertiary alicyclic amines) is 1. The van der Waals surface area contributed by atoms with E-state index in [-0.39, 0.29) is 42.7 Å². The van der Waals surface area contributed by atoms with E-state index in [4.69, 9.17) is 0 Å². The molecule has 26 heavy (non-hydrogen) atoms. The molecule has 148 valence electrons. The van der Waals surface area contributed by atoms with Crippen LogP contribution in [0.25, 0.3) is 0 Å². The van der Waals surface area contributed by atoms with Crippen molar-refractivity contribution >= 4 is 36.6 Å². The molecule has 2 aliphatic heterocycles. The Morgan fingerprint density at radius 2 is 2.08 bits per heavy atom. The van der Waals surface area contributed by atoms with Gasteiger partial charge in [-0.25, -0.2) is 4.98 Å². The fraction of sp³-hybridized carbons (Fsp3) is 0.706. The van der Waals surface area contributed by atoms with Gasteiger partial charge in [-0.1, -0.05) is 0 Å². The predicted octanol–water partition coefficient (Wildman–Crippen LogP) is 1.22. The van der Waals surface area contributed by atoms with Crippen LogP contribution in [0.4, 0.5) is 0 Å². The van der Waals surface area contributed by atoms with Crippen LogP contribution in [0.2, 0.25) is 0 Å². The summed E-state index contributed by atoms with van der Waals surface area (Å²) < 4.78 is 1.92. The molecular weight excluding hydrogens is 377 g/mol. The molecule has 2 amide bonds. The van der Waals surface area contributed by atoms with E-state index in [2.05, 4.69) is 15.6 Å². The number of hydrogen-bond acceptors (Lipinski definition) is 4. The van der Waals surface area contributed by atoms with E-state index in [0.717, 1.165) is 45.3 Å². The molecule has 2 unspecified atom stereocenters. The lowest BCUT2D eigenvalue weighted by molar-refractivity contribution is -0.133. The van der Waals surface area contributed by atoms with Crippen LogP contribution in [0, 0.1) is 5.92 Å². The highest BCUT2D eigenvalue weighted by Gasteiger charge is 2.26. The number of imidazole rings is 1. The fourth-order valence-corrected chi connectivity index (χ4v) is 3.54. The molecule has 9 heteroatoms. The molecule has 2 N–H and O–H groups in total. The number of piperidine rings is 1. The Morgan fingerprint density at radius 1 is 1.23 bits per heavy atom. The van der Waals surface area contributed by atoms with Gasteiger partial charge < -0.3 is 20.1 Å². The standard InChI is InChI=1S/C17H27N5O2.2ClH/c23-16(5-9-21-10-7-18-13-21)22-8-2-3-14(12-22)11-20-17(24)15-4-1-6-19-15;;/h7,10,13-15,19H,1-6,8-9,11-12H2,(H,20,24);2*1H. The number of amides is 2.